The van der Waals surface area contributed by atoms with Gasteiger partial charge >= 0.3 is 0 Å². The van der Waals surface area contributed by atoms with E-state index >= 15 is 0 Å². The van der Waals surface area contributed by atoms with Gasteiger partial charge in [-0.25, -0.2) is 9.50 Å². The first kappa shape index (κ1) is 19.8. The lowest BCUT2D eigenvalue weighted by Gasteiger charge is -2.18. The monoisotopic (exact) mass is 398 g/mol. The van der Waals surface area contributed by atoms with Crippen molar-refractivity contribution in [2.24, 2.45) is 0 Å². The number of carbonyl (C=O) groups excluding carboxylic acids is 1. The average Bonchev–Trinajstić information content (AvgIpc) is 3.15. The quantitative estimate of drug-likeness (QED) is 0.450. The molecule has 2 heterocycles. The van der Waals surface area contributed by atoms with E-state index in [0.29, 0.717) is 13.0 Å². The third-order valence-electron chi connectivity index (χ3n) is 5.25. The number of nitrogens with zero attached hydrogens (tertiary/aromatic N) is 3. The third kappa shape index (κ3) is 4.92. The van der Waals surface area contributed by atoms with E-state index in [-0.39, 0.29) is 11.8 Å². The standard InChI is InChI=1S/C25H26N4O/c1-19-15-24-27-17-20(18-29(24)28-19)9-8-14-26-25(30)16-23(21-10-4-2-5-11-21)22-12-6-3-7-13-22/h2-7,10-13,15,17-18,23H,8-9,14,16H2,1H3,(H,26,30). The minimum Gasteiger partial charge on any atom is -0.356 e. The highest BCUT2D eigenvalue weighted by molar-refractivity contribution is 5.77. The lowest BCUT2D eigenvalue weighted by Crippen LogP contribution is -2.26. The Balaban J connectivity index is 1.32. The Morgan fingerprint density at radius 3 is 2.37 bits per heavy atom. The number of carbonyl (C=O) groups is 1. The first-order valence-corrected chi connectivity index (χ1v) is 10.4. The second kappa shape index (κ2) is 9.35. The van der Waals surface area contributed by atoms with Gasteiger partial charge in [0.1, 0.15) is 0 Å². The van der Waals surface area contributed by atoms with Crippen LogP contribution >= 0.6 is 0 Å². The van der Waals surface area contributed by atoms with Crippen LogP contribution < -0.4 is 5.32 Å². The number of fused-ring (bicyclic) bond motifs is 1. The number of hydrogen-bond acceptors (Lipinski definition) is 3. The highest BCUT2D eigenvalue weighted by Crippen LogP contribution is 2.27. The van der Waals surface area contributed by atoms with Crippen LogP contribution in [0.4, 0.5) is 0 Å². The van der Waals surface area contributed by atoms with Gasteiger partial charge in [-0.3, -0.25) is 4.79 Å². The summed E-state index contributed by atoms with van der Waals surface area (Å²) in [4.78, 5) is 17.1. The molecule has 4 aromatic rings. The van der Waals surface area contributed by atoms with Crippen molar-refractivity contribution >= 4 is 11.6 Å². The predicted octanol–water partition coefficient (Wildman–Crippen LogP) is 4.31. The van der Waals surface area contributed by atoms with Gasteiger partial charge in [-0.1, -0.05) is 60.7 Å². The average molecular weight is 399 g/mol. The lowest BCUT2D eigenvalue weighted by molar-refractivity contribution is -0.121. The van der Waals surface area contributed by atoms with Crippen molar-refractivity contribution in [3.63, 3.8) is 0 Å². The molecule has 30 heavy (non-hydrogen) atoms. The molecule has 0 atom stereocenters. The van der Waals surface area contributed by atoms with Crippen LogP contribution in [-0.4, -0.2) is 27.0 Å². The topological polar surface area (TPSA) is 59.3 Å². The molecule has 0 aliphatic carbocycles. The molecule has 0 bridgehead atoms. The molecule has 0 unspecified atom stereocenters. The van der Waals surface area contributed by atoms with Crippen LogP contribution in [-0.2, 0) is 11.2 Å². The van der Waals surface area contributed by atoms with E-state index < -0.39 is 0 Å². The van der Waals surface area contributed by atoms with Crippen molar-refractivity contribution in [1.29, 1.82) is 0 Å². The summed E-state index contributed by atoms with van der Waals surface area (Å²) < 4.78 is 1.81. The molecular formula is C25H26N4O. The number of rotatable bonds is 8. The first-order valence-electron chi connectivity index (χ1n) is 10.4. The molecule has 5 nitrogen and oxygen atoms in total. The van der Waals surface area contributed by atoms with Gasteiger partial charge in [0.05, 0.1) is 5.69 Å². The first-order chi connectivity index (χ1) is 14.7. The Morgan fingerprint density at radius 1 is 1.03 bits per heavy atom. The summed E-state index contributed by atoms with van der Waals surface area (Å²) in [5, 5.41) is 7.49. The summed E-state index contributed by atoms with van der Waals surface area (Å²) in [6, 6.07) is 22.4. The minimum atomic E-state index is 0.0575. The SMILES string of the molecule is Cc1cc2ncc(CCCNC(=O)CC(c3ccccc3)c3ccccc3)cn2n1. The minimum absolute atomic E-state index is 0.0575. The molecule has 2 aromatic carbocycles. The Bertz CT molecular complexity index is 1070. The van der Waals surface area contributed by atoms with Gasteiger partial charge in [0.15, 0.2) is 5.65 Å². The third-order valence-corrected chi connectivity index (χ3v) is 5.25. The van der Waals surface area contributed by atoms with E-state index in [9.17, 15) is 4.79 Å². The normalized spacial score (nSPS) is 11.1. The number of aromatic nitrogens is 3. The molecule has 2 aromatic heterocycles. The van der Waals surface area contributed by atoms with Gasteiger partial charge in [0, 0.05) is 37.3 Å². The van der Waals surface area contributed by atoms with Crippen LogP contribution in [0.5, 0.6) is 0 Å². The van der Waals surface area contributed by atoms with Gasteiger partial charge < -0.3 is 5.32 Å². The van der Waals surface area contributed by atoms with Crippen molar-refractivity contribution < 1.29 is 4.79 Å². The summed E-state index contributed by atoms with van der Waals surface area (Å²) in [6.45, 7) is 2.60. The number of aryl methyl sites for hydroxylation is 2. The zero-order chi connectivity index (χ0) is 20.8. The number of hydrogen-bond donors (Lipinski definition) is 1. The highest BCUT2D eigenvalue weighted by Gasteiger charge is 2.17. The maximum atomic E-state index is 12.7. The van der Waals surface area contributed by atoms with E-state index in [1.165, 1.54) is 0 Å². The van der Waals surface area contributed by atoms with Crippen molar-refractivity contribution in [3.05, 3.63) is 102 Å². The molecule has 1 N–H and O–H groups in total. The molecular weight excluding hydrogens is 372 g/mol. The van der Waals surface area contributed by atoms with E-state index in [1.807, 2.05) is 66.3 Å². The largest absolute Gasteiger partial charge is 0.356 e. The van der Waals surface area contributed by atoms with E-state index in [1.54, 1.807) is 0 Å². The van der Waals surface area contributed by atoms with Crippen LogP contribution in [0.15, 0.2) is 79.1 Å². The molecule has 0 aliphatic rings. The molecule has 0 saturated heterocycles. The van der Waals surface area contributed by atoms with Crippen molar-refractivity contribution in [3.8, 4) is 0 Å². The van der Waals surface area contributed by atoms with E-state index in [2.05, 4.69) is 39.7 Å². The fourth-order valence-electron chi connectivity index (χ4n) is 3.74. The lowest BCUT2D eigenvalue weighted by atomic mass is 9.88. The summed E-state index contributed by atoms with van der Waals surface area (Å²) in [5.41, 5.74) is 5.25. The Hall–Kier alpha value is -3.47. The fraction of sp³-hybridized carbons (Fsp3) is 0.240. The Morgan fingerprint density at radius 2 is 1.70 bits per heavy atom. The summed E-state index contributed by atoms with van der Waals surface area (Å²) in [6.07, 6.45) is 6.05. The van der Waals surface area contributed by atoms with Gasteiger partial charge in [-0.2, -0.15) is 5.10 Å². The zero-order valence-corrected chi connectivity index (χ0v) is 17.2. The van der Waals surface area contributed by atoms with Gasteiger partial charge in [-0.15, -0.1) is 0 Å². The maximum absolute atomic E-state index is 12.7. The molecule has 0 radical (unpaired) electrons. The second-order valence-electron chi connectivity index (χ2n) is 7.58. The molecule has 4 rings (SSSR count). The fourth-order valence-corrected chi connectivity index (χ4v) is 3.74. The molecule has 0 saturated carbocycles. The molecule has 0 spiro atoms. The van der Waals surface area contributed by atoms with Gasteiger partial charge in [0.2, 0.25) is 5.91 Å². The van der Waals surface area contributed by atoms with Crippen molar-refractivity contribution in [2.45, 2.75) is 32.1 Å². The molecule has 0 aliphatic heterocycles. The van der Waals surface area contributed by atoms with Gasteiger partial charge in [0.25, 0.3) is 0 Å². The van der Waals surface area contributed by atoms with E-state index in [0.717, 1.165) is 40.9 Å². The Kier molecular flexibility index (Phi) is 6.18. The predicted molar refractivity (Wildman–Crippen MR) is 118 cm³/mol. The van der Waals surface area contributed by atoms with Gasteiger partial charge in [-0.05, 0) is 36.5 Å². The zero-order valence-electron chi connectivity index (χ0n) is 17.2. The maximum Gasteiger partial charge on any atom is 0.220 e. The highest BCUT2D eigenvalue weighted by atomic mass is 16.1. The van der Waals surface area contributed by atoms with E-state index in [4.69, 9.17) is 0 Å². The number of benzene rings is 2. The molecule has 0 fully saturated rings. The number of amides is 1. The molecule has 5 heteroatoms. The summed E-state index contributed by atoms with van der Waals surface area (Å²) in [5.74, 6) is 0.131. The van der Waals surface area contributed by atoms with Crippen molar-refractivity contribution in [2.75, 3.05) is 6.54 Å². The van der Waals surface area contributed by atoms with Crippen molar-refractivity contribution in [1.82, 2.24) is 19.9 Å². The van der Waals surface area contributed by atoms with Crippen LogP contribution in [0.1, 0.15) is 41.1 Å². The Labute approximate surface area is 176 Å². The summed E-state index contributed by atoms with van der Waals surface area (Å²) >= 11 is 0. The van der Waals surface area contributed by atoms with Crippen LogP contribution in [0.25, 0.3) is 5.65 Å². The summed E-state index contributed by atoms with van der Waals surface area (Å²) in [7, 11) is 0. The number of nitrogens with one attached hydrogen (secondary N) is 1. The van der Waals surface area contributed by atoms with Crippen LogP contribution in [0, 0.1) is 6.92 Å². The second-order valence-corrected chi connectivity index (χ2v) is 7.58. The van der Waals surface area contributed by atoms with Crippen LogP contribution in [0.3, 0.4) is 0 Å². The molecule has 1 amide bonds. The molecule has 152 valence electrons. The smallest absolute Gasteiger partial charge is 0.220 e. The van der Waals surface area contributed by atoms with Crippen LogP contribution in [0.2, 0.25) is 0 Å².